The van der Waals surface area contributed by atoms with Crippen LogP contribution < -0.4 is 5.73 Å². The summed E-state index contributed by atoms with van der Waals surface area (Å²) in [5.74, 6) is -0.206. The normalized spacial score (nSPS) is 16.5. The van der Waals surface area contributed by atoms with Crippen LogP contribution in [-0.4, -0.2) is 42.8 Å². The standard InChI is InChI=1S/C26H21IN6O4S/c27-18-10-4-3-9-17(18)25-36-13-19(37-25)38-26-31-20-21(28)29-14-30-22(20)32(26)11-5-6-12-33-23(34)15-7-1-2-8-16(15)24(33)35/h1-4,7-10,13-14,25H,5-6,11-12H2,(H2,28,29,30). The minimum atomic E-state index is -0.534. The zero-order valence-electron chi connectivity index (χ0n) is 19.9. The number of thioether (sulfide) groups is 1. The smallest absolute Gasteiger partial charge is 0.268 e. The summed E-state index contributed by atoms with van der Waals surface area (Å²) in [6.45, 7) is 0.880. The molecule has 12 heteroatoms. The summed E-state index contributed by atoms with van der Waals surface area (Å²) < 4.78 is 14.8. The third-order valence-electron chi connectivity index (χ3n) is 6.28. The summed E-state index contributed by atoms with van der Waals surface area (Å²) in [5.41, 5.74) is 9.05. The van der Waals surface area contributed by atoms with Crippen LogP contribution >= 0.6 is 34.4 Å². The van der Waals surface area contributed by atoms with Crippen LogP contribution in [0.3, 0.4) is 0 Å². The number of aryl methyl sites for hydroxylation is 1. The quantitative estimate of drug-likeness (QED) is 0.165. The molecule has 6 rings (SSSR count). The van der Waals surface area contributed by atoms with Crippen molar-refractivity contribution in [2.45, 2.75) is 30.8 Å². The monoisotopic (exact) mass is 640 g/mol. The highest BCUT2D eigenvalue weighted by molar-refractivity contribution is 14.1. The van der Waals surface area contributed by atoms with E-state index in [2.05, 4.69) is 37.5 Å². The van der Waals surface area contributed by atoms with Crippen molar-refractivity contribution in [2.24, 2.45) is 0 Å². The van der Waals surface area contributed by atoms with Crippen LogP contribution in [0.2, 0.25) is 0 Å². The number of imidazole rings is 1. The molecule has 0 saturated carbocycles. The number of anilines is 1. The number of amides is 2. The lowest BCUT2D eigenvalue weighted by Crippen LogP contribution is -2.30. The summed E-state index contributed by atoms with van der Waals surface area (Å²) in [7, 11) is 0. The van der Waals surface area contributed by atoms with E-state index >= 15 is 0 Å². The Kier molecular flexibility index (Phi) is 6.66. The Morgan fingerprint density at radius 3 is 2.45 bits per heavy atom. The van der Waals surface area contributed by atoms with Crippen molar-refractivity contribution in [1.82, 2.24) is 24.4 Å². The number of rotatable bonds is 8. The van der Waals surface area contributed by atoms with E-state index in [-0.39, 0.29) is 17.6 Å². The number of carbonyl (C=O) groups excluding carboxylic acids is 2. The van der Waals surface area contributed by atoms with Crippen LogP contribution in [0.4, 0.5) is 5.82 Å². The first-order valence-corrected chi connectivity index (χ1v) is 13.8. The topological polar surface area (TPSA) is 125 Å². The Balaban J connectivity index is 1.15. The van der Waals surface area contributed by atoms with Gasteiger partial charge in [-0.25, -0.2) is 15.0 Å². The number of nitrogens with two attached hydrogens (primary N) is 1. The van der Waals surface area contributed by atoms with Crippen LogP contribution in [0.1, 0.15) is 45.4 Å². The highest BCUT2D eigenvalue weighted by atomic mass is 127. The fourth-order valence-electron chi connectivity index (χ4n) is 4.42. The average Bonchev–Trinajstić information content (AvgIpc) is 3.59. The summed E-state index contributed by atoms with van der Waals surface area (Å²) >= 11 is 3.57. The number of fused-ring (bicyclic) bond motifs is 2. The van der Waals surface area contributed by atoms with Gasteiger partial charge in [0, 0.05) is 22.2 Å². The molecule has 2 N–H and O–H groups in total. The van der Waals surface area contributed by atoms with Crippen molar-refractivity contribution in [3.05, 3.63) is 86.5 Å². The van der Waals surface area contributed by atoms with Gasteiger partial charge in [0.25, 0.3) is 18.1 Å². The molecule has 1 unspecified atom stereocenters. The van der Waals surface area contributed by atoms with Gasteiger partial charge >= 0.3 is 0 Å². The first-order chi connectivity index (χ1) is 18.5. The SMILES string of the molecule is Nc1ncnc2c1nc(SC1=COC(c3ccccc3I)O1)n2CCCCN1C(=O)c2ccccc2C1=O. The molecule has 4 aromatic rings. The second kappa shape index (κ2) is 10.3. The Morgan fingerprint density at radius 1 is 0.974 bits per heavy atom. The van der Waals surface area contributed by atoms with E-state index in [1.807, 2.05) is 28.8 Å². The molecule has 2 aromatic carbocycles. The molecule has 1 atom stereocenters. The van der Waals surface area contributed by atoms with Crippen molar-refractivity contribution >= 4 is 63.1 Å². The van der Waals surface area contributed by atoms with Gasteiger partial charge in [-0.1, -0.05) is 30.3 Å². The zero-order valence-corrected chi connectivity index (χ0v) is 22.9. The number of ether oxygens (including phenoxy) is 2. The van der Waals surface area contributed by atoms with Crippen LogP contribution in [0.5, 0.6) is 0 Å². The van der Waals surface area contributed by atoms with Gasteiger partial charge in [0.2, 0.25) is 5.09 Å². The molecular weight excluding hydrogens is 619 g/mol. The zero-order chi connectivity index (χ0) is 26.2. The molecule has 192 valence electrons. The van der Waals surface area contributed by atoms with E-state index < -0.39 is 6.29 Å². The molecule has 0 saturated heterocycles. The van der Waals surface area contributed by atoms with Gasteiger partial charge in [0.05, 0.1) is 11.1 Å². The molecule has 0 fully saturated rings. The Hall–Kier alpha value is -3.65. The van der Waals surface area contributed by atoms with Gasteiger partial charge in [-0.05, 0) is 65.4 Å². The van der Waals surface area contributed by atoms with Gasteiger partial charge in [0.1, 0.15) is 12.6 Å². The summed E-state index contributed by atoms with van der Waals surface area (Å²) in [5, 5.41) is 1.19. The molecule has 2 aliphatic heterocycles. The molecular formula is C26H21IN6O4S. The average molecular weight is 640 g/mol. The molecule has 0 aliphatic carbocycles. The fourth-order valence-corrected chi connectivity index (χ4v) is 5.90. The van der Waals surface area contributed by atoms with Crippen molar-refractivity contribution in [3.8, 4) is 0 Å². The summed E-state index contributed by atoms with van der Waals surface area (Å²) in [6.07, 6.45) is 3.75. The van der Waals surface area contributed by atoms with Crippen molar-refractivity contribution in [2.75, 3.05) is 12.3 Å². The van der Waals surface area contributed by atoms with Crippen LogP contribution in [0, 0.1) is 3.57 Å². The highest BCUT2D eigenvalue weighted by Gasteiger charge is 2.34. The largest absolute Gasteiger partial charge is 0.454 e. The number of aromatic nitrogens is 4. The molecule has 2 aliphatic rings. The fraction of sp³-hybridized carbons (Fsp3) is 0.192. The second-order valence-corrected chi connectivity index (χ2v) is 10.8. The van der Waals surface area contributed by atoms with E-state index in [1.54, 1.807) is 30.5 Å². The van der Waals surface area contributed by atoms with Crippen molar-refractivity contribution in [3.63, 3.8) is 0 Å². The molecule has 0 radical (unpaired) electrons. The Morgan fingerprint density at radius 2 is 1.68 bits per heavy atom. The molecule has 2 amide bonds. The van der Waals surface area contributed by atoms with Crippen molar-refractivity contribution < 1.29 is 19.1 Å². The maximum atomic E-state index is 12.7. The molecule has 0 spiro atoms. The van der Waals surface area contributed by atoms with Crippen molar-refractivity contribution in [1.29, 1.82) is 0 Å². The van der Waals surface area contributed by atoms with E-state index in [9.17, 15) is 9.59 Å². The predicted molar refractivity (Wildman–Crippen MR) is 149 cm³/mol. The molecule has 10 nitrogen and oxygen atoms in total. The van der Waals surface area contributed by atoms with Gasteiger partial charge in [0.15, 0.2) is 22.1 Å². The number of nitrogens with zero attached hydrogens (tertiary/aromatic N) is 5. The lowest BCUT2D eigenvalue weighted by molar-refractivity contribution is -0.0279. The maximum absolute atomic E-state index is 12.7. The highest BCUT2D eigenvalue weighted by Crippen LogP contribution is 2.39. The number of benzene rings is 2. The number of hydrogen-bond acceptors (Lipinski definition) is 9. The third kappa shape index (κ3) is 4.47. The van der Waals surface area contributed by atoms with E-state index in [4.69, 9.17) is 15.2 Å². The number of imide groups is 1. The van der Waals surface area contributed by atoms with Gasteiger partial charge in [-0.15, -0.1) is 0 Å². The minimum Gasteiger partial charge on any atom is -0.454 e. The molecule has 2 aromatic heterocycles. The Bertz CT molecular complexity index is 1570. The van der Waals surface area contributed by atoms with Gasteiger partial charge in [-0.2, -0.15) is 0 Å². The Labute approximate surface area is 235 Å². The summed E-state index contributed by atoms with van der Waals surface area (Å²) in [6, 6.07) is 14.8. The molecule has 4 heterocycles. The van der Waals surface area contributed by atoms with E-state index in [0.717, 1.165) is 9.13 Å². The van der Waals surface area contributed by atoms with Crippen LogP contribution in [0.15, 0.2) is 71.4 Å². The van der Waals surface area contributed by atoms with Gasteiger partial charge in [-0.3, -0.25) is 14.5 Å². The number of hydrogen-bond donors (Lipinski definition) is 1. The first kappa shape index (κ1) is 24.7. The molecule has 38 heavy (non-hydrogen) atoms. The first-order valence-electron chi connectivity index (χ1n) is 11.9. The summed E-state index contributed by atoms with van der Waals surface area (Å²) in [4.78, 5) is 39.8. The van der Waals surface area contributed by atoms with Crippen LogP contribution in [-0.2, 0) is 16.0 Å². The lowest BCUT2D eigenvalue weighted by Gasteiger charge is -2.15. The maximum Gasteiger partial charge on any atom is 0.268 e. The number of carbonyl (C=O) groups is 2. The molecule has 0 bridgehead atoms. The van der Waals surface area contributed by atoms with Crippen LogP contribution in [0.25, 0.3) is 11.2 Å². The predicted octanol–water partition coefficient (Wildman–Crippen LogP) is 4.73. The lowest BCUT2D eigenvalue weighted by atomic mass is 10.1. The number of nitrogen functional groups attached to an aromatic ring is 1. The number of unbranched alkanes of at least 4 members (excludes halogenated alkanes) is 1. The second-order valence-electron chi connectivity index (χ2n) is 8.64. The van der Waals surface area contributed by atoms with E-state index in [0.29, 0.717) is 58.5 Å². The number of halogens is 1. The van der Waals surface area contributed by atoms with E-state index in [1.165, 1.54) is 23.0 Å². The third-order valence-corrected chi connectivity index (χ3v) is 8.15. The van der Waals surface area contributed by atoms with Gasteiger partial charge < -0.3 is 19.8 Å². The minimum absolute atomic E-state index is 0.247.